The van der Waals surface area contributed by atoms with E-state index in [1.54, 1.807) is 0 Å². The standard InChI is InChI=1S/C11H26N2/c1-5-8-12(3)10-7-11-13(4)9-6-2/h5-11H2,1-4H3. The van der Waals surface area contributed by atoms with Gasteiger partial charge in [-0.2, -0.15) is 0 Å². The summed E-state index contributed by atoms with van der Waals surface area (Å²) in [6.07, 6.45) is 3.83. The zero-order valence-electron chi connectivity index (χ0n) is 9.84. The van der Waals surface area contributed by atoms with Crippen molar-refractivity contribution < 1.29 is 0 Å². The zero-order chi connectivity index (χ0) is 10.1. The summed E-state index contributed by atoms with van der Waals surface area (Å²) in [6.45, 7) is 9.41. The van der Waals surface area contributed by atoms with E-state index >= 15 is 0 Å². The van der Waals surface area contributed by atoms with E-state index in [-0.39, 0.29) is 0 Å². The fourth-order valence-corrected chi connectivity index (χ4v) is 1.60. The molecule has 0 heterocycles. The van der Waals surface area contributed by atoms with Crippen LogP contribution in [-0.4, -0.2) is 50.1 Å². The molecule has 0 atom stereocenters. The lowest BCUT2D eigenvalue weighted by Gasteiger charge is -2.19. The van der Waals surface area contributed by atoms with Crippen LogP contribution < -0.4 is 0 Å². The lowest BCUT2D eigenvalue weighted by molar-refractivity contribution is 0.279. The Morgan fingerprint density at radius 1 is 0.692 bits per heavy atom. The van der Waals surface area contributed by atoms with Crippen LogP contribution in [0, 0.1) is 0 Å². The molecule has 0 aromatic rings. The van der Waals surface area contributed by atoms with Gasteiger partial charge in [0.25, 0.3) is 0 Å². The molecule has 2 nitrogen and oxygen atoms in total. The van der Waals surface area contributed by atoms with E-state index in [1.165, 1.54) is 45.4 Å². The monoisotopic (exact) mass is 186 g/mol. The number of rotatable bonds is 8. The van der Waals surface area contributed by atoms with Gasteiger partial charge in [-0.15, -0.1) is 0 Å². The van der Waals surface area contributed by atoms with Gasteiger partial charge >= 0.3 is 0 Å². The minimum atomic E-state index is 1.23. The Bertz CT molecular complexity index is 92.3. The second-order valence-corrected chi connectivity index (χ2v) is 3.96. The van der Waals surface area contributed by atoms with E-state index in [0.717, 1.165) is 0 Å². The van der Waals surface area contributed by atoms with Crippen molar-refractivity contribution in [2.24, 2.45) is 0 Å². The van der Waals surface area contributed by atoms with Gasteiger partial charge in [0.2, 0.25) is 0 Å². The number of hydrogen-bond donors (Lipinski definition) is 0. The first-order valence-electron chi connectivity index (χ1n) is 5.57. The van der Waals surface area contributed by atoms with Gasteiger partial charge in [-0.1, -0.05) is 13.8 Å². The van der Waals surface area contributed by atoms with Gasteiger partial charge in [-0.3, -0.25) is 0 Å². The lowest BCUT2D eigenvalue weighted by atomic mass is 10.3. The summed E-state index contributed by atoms with van der Waals surface area (Å²) in [6, 6.07) is 0. The normalized spacial score (nSPS) is 11.5. The molecule has 0 fully saturated rings. The minimum Gasteiger partial charge on any atom is -0.306 e. The molecular weight excluding hydrogens is 160 g/mol. The third-order valence-corrected chi connectivity index (χ3v) is 2.29. The van der Waals surface area contributed by atoms with Crippen LogP contribution in [0.4, 0.5) is 0 Å². The van der Waals surface area contributed by atoms with Gasteiger partial charge in [0, 0.05) is 0 Å². The van der Waals surface area contributed by atoms with Gasteiger partial charge in [-0.05, 0) is 59.5 Å². The maximum Gasteiger partial charge on any atom is -0.000960 e. The second kappa shape index (κ2) is 8.52. The average molecular weight is 186 g/mol. The molecule has 0 N–H and O–H groups in total. The number of hydrogen-bond acceptors (Lipinski definition) is 2. The minimum absolute atomic E-state index is 1.23. The maximum absolute atomic E-state index is 2.42. The van der Waals surface area contributed by atoms with Crippen molar-refractivity contribution >= 4 is 0 Å². The Labute approximate surface area is 83.9 Å². The van der Waals surface area contributed by atoms with Crippen LogP contribution in [-0.2, 0) is 0 Å². The van der Waals surface area contributed by atoms with Crippen molar-refractivity contribution in [3.8, 4) is 0 Å². The molecule has 0 aromatic carbocycles. The molecule has 0 aliphatic rings. The molecule has 0 saturated heterocycles. The van der Waals surface area contributed by atoms with E-state index in [2.05, 4.69) is 37.7 Å². The molecule has 0 aromatic heterocycles. The highest BCUT2D eigenvalue weighted by atomic mass is 15.1. The Hall–Kier alpha value is -0.0800. The highest BCUT2D eigenvalue weighted by Crippen LogP contribution is 1.93. The topological polar surface area (TPSA) is 6.48 Å². The molecule has 13 heavy (non-hydrogen) atoms. The molecule has 0 unspecified atom stereocenters. The quantitative estimate of drug-likeness (QED) is 0.572. The molecule has 0 radical (unpaired) electrons. The third-order valence-electron chi connectivity index (χ3n) is 2.29. The Morgan fingerprint density at radius 3 is 1.38 bits per heavy atom. The molecule has 0 rings (SSSR count). The lowest BCUT2D eigenvalue weighted by Crippen LogP contribution is -2.26. The van der Waals surface area contributed by atoms with Gasteiger partial charge in [-0.25, -0.2) is 0 Å². The first kappa shape index (κ1) is 12.9. The predicted octanol–water partition coefficient (Wildman–Crippen LogP) is 2.06. The molecule has 0 bridgehead atoms. The van der Waals surface area contributed by atoms with Gasteiger partial charge in [0.05, 0.1) is 0 Å². The molecule has 0 aliphatic heterocycles. The maximum atomic E-state index is 2.42. The van der Waals surface area contributed by atoms with Crippen molar-refractivity contribution in [2.75, 3.05) is 40.3 Å². The van der Waals surface area contributed by atoms with Gasteiger partial charge in [0.15, 0.2) is 0 Å². The fourth-order valence-electron chi connectivity index (χ4n) is 1.60. The first-order valence-corrected chi connectivity index (χ1v) is 5.57. The molecule has 2 heteroatoms. The van der Waals surface area contributed by atoms with E-state index < -0.39 is 0 Å². The van der Waals surface area contributed by atoms with Crippen LogP contribution in [0.2, 0.25) is 0 Å². The number of nitrogens with zero attached hydrogens (tertiary/aromatic N) is 2. The highest BCUT2D eigenvalue weighted by molar-refractivity contribution is 4.54. The van der Waals surface area contributed by atoms with Crippen molar-refractivity contribution in [3.63, 3.8) is 0 Å². The average Bonchev–Trinajstić information content (AvgIpc) is 2.05. The summed E-state index contributed by atoms with van der Waals surface area (Å²) < 4.78 is 0. The van der Waals surface area contributed by atoms with Gasteiger partial charge < -0.3 is 9.80 Å². The molecule has 0 amide bonds. The summed E-state index contributed by atoms with van der Waals surface area (Å²) in [5.74, 6) is 0. The van der Waals surface area contributed by atoms with E-state index in [1.807, 2.05) is 0 Å². The summed E-state index contributed by atoms with van der Waals surface area (Å²) >= 11 is 0. The Morgan fingerprint density at radius 2 is 1.08 bits per heavy atom. The summed E-state index contributed by atoms with van der Waals surface area (Å²) in [4.78, 5) is 4.83. The largest absolute Gasteiger partial charge is 0.306 e. The smallest absolute Gasteiger partial charge is 0.000960 e. The molecule has 0 aliphatic carbocycles. The predicted molar refractivity (Wildman–Crippen MR) is 60.2 cm³/mol. The van der Waals surface area contributed by atoms with Crippen LogP contribution >= 0.6 is 0 Å². The van der Waals surface area contributed by atoms with E-state index in [0.29, 0.717) is 0 Å². The molecule has 80 valence electrons. The SMILES string of the molecule is CCCN(C)CCCN(C)CCC. The van der Waals surface area contributed by atoms with Crippen molar-refractivity contribution in [3.05, 3.63) is 0 Å². The second-order valence-electron chi connectivity index (χ2n) is 3.96. The molecule has 0 spiro atoms. The Balaban J connectivity index is 3.23. The Kier molecular flexibility index (Phi) is 8.46. The molecule has 0 saturated carbocycles. The van der Waals surface area contributed by atoms with Crippen LogP contribution in [0.1, 0.15) is 33.1 Å². The zero-order valence-corrected chi connectivity index (χ0v) is 9.84. The van der Waals surface area contributed by atoms with Crippen molar-refractivity contribution in [1.29, 1.82) is 0 Å². The van der Waals surface area contributed by atoms with Crippen LogP contribution in [0.15, 0.2) is 0 Å². The highest BCUT2D eigenvalue weighted by Gasteiger charge is 1.98. The van der Waals surface area contributed by atoms with Crippen LogP contribution in [0.5, 0.6) is 0 Å². The van der Waals surface area contributed by atoms with E-state index in [9.17, 15) is 0 Å². The summed E-state index contributed by atoms with van der Waals surface area (Å²) in [5.41, 5.74) is 0. The van der Waals surface area contributed by atoms with Gasteiger partial charge in [0.1, 0.15) is 0 Å². The van der Waals surface area contributed by atoms with Crippen molar-refractivity contribution in [1.82, 2.24) is 9.80 Å². The third kappa shape index (κ3) is 8.26. The van der Waals surface area contributed by atoms with Crippen LogP contribution in [0.25, 0.3) is 0 Å². The van der Waals surface area contributed by atoms with E-state index in [4.69, 9.17) is 0 Å². The van der Waals surface area contributed by atoms with Crippen LogP contribution in [0.3, 0.4) is 0 Å². The summed E-state index contributed by atoms with van der Waals surface area (Å²) in [7, 11) is 4.42. The fraction of sp³-hybridized carbons (Fsp3) is 1.00. The first-order chi connectivity index (χ1) is 6.20. The summed E-state index contributed by atoms with van der Waals surface area (Å²) in [5, 5.41) is 0. The van der Waals surface area contributed by atoms with Crippen molar-refractivity contribution in [2.45, 2.75) is 33.1 Å². The molecular formula is C11H26N2.